The van der Waals surface area contributed by atoms with E-state index in [-0.39, 0.29) is 5.78 Å². The molecule has 0 N–H and O–H groups in total. The number of aryl methyl sites for hydroxylation is 3. The van der Waals surface area contributed by atoms with Crippen molar-refractivity contribution < 1.29 is 9.21 Å². The number of furan rings is 1. The van der Waals surface area contributed by atoms with E-state index in [0.717, 1.165) is 15.3 Å². The van der Waals surface area contributed by atoms with Crippen LogP contribution in [-0.4, -0.2) is 5.78 Å². The fourth-order valence-electron chi connectivity index (χ4n) is 1.61. The molecule has 2 nitrogen and oxygen atoms in total. The van der Waals surface area contributed by atoms with E-state index in [4.69, 9.17) is 4.42 Å². The van der Waals surface area contributed by atoms with Gasteiger partial charge in [-0.3, -0.25) is 4.79 Å². The first-order valence-electron chi connectivity index (χ1n) is 4.75. The molecular formula is C12H12O2S. The Bertz CT molecular complexity index is 505. The van der Waals surface area contributed by atoms with E-state index in [1.54, 1.807) is 12.3 Å². The molecule has 3 heteroatoms. The summed E-state index contributed by atoms with van der Waals surface area (Å²) in [5, 5.41) is 0. The Labute approximate surface area is 92.5 Å². The highest BCUT2D eigenvalue weighted by Gasteiger charge is 2.17. The maximum atomic E-state index is 12.1. The number of carbonyl (C=O) groups is 1. The number of rotatable bonds is 2. The summed E-state index contributed by atoms with van der Waals surface area (Å²) in [6.45, 7) is 5.78. The zero-order valence-electron chi connectivity index (χ0n) is 8.96. The van der Waals surface area contributed by atoms with Gasteiger partial charge in [0.2, 0.25) is 5.78 Å². The SMILES string of the molecule is Cc1cc(C)c(C(=O)c2ccoc2C)s1. The number of carbonyl (C=O) groups excluding carboxylic acids is 1. The summed E-state index contributed by atoms with van der Waals surface area (Å²) in [6, 6.07) is 3.76. The highest BCUT2D eigenvalue weighted by atomic mass is 32.1. The molecule has 2 rings (SSSR count). The lowest BCUT2D eigenvalue weighted by atomic mass is 10.1. The summed E-state index contributed by atoms with van der Waals surface area (Å²) >= 11 is 1.54. The van der Waals surface area contributed by atoms with Crippen LogP contribution in [0.2, 0.25) is 0 Å². The Balaban J connectivity index is 2.45. The molecule has 0 amide bonds. The van der Waals surface area contributed by atoms with Gasteiger partial charge in [-0.15, -0.1) is 11.3 Å². The molecule has 2 aromatic heterocycles. The van der Waals surface area contributed by atoms with Crippen molar-refractivity contribution in [1.29, 1.82) is 0 Å². The second-order valence-electron chi connectivity index (χ2n) is 3.59. The monoisotopic (exact) mass is 220 g/mol. The van der Waals surface area contributed by atoms with Gasteiger partial charge in [0.05, 0.1) is 16.7 Å². The van der Waals surface area contributed by atoms with E-state index in [9.17, 15) is 4.79 Å². The molecule has 0 saturated heterocycles. The Hall–Kier alpha value is -1.35. The minimum atomic E-state index is 0.0665. The van der Waals surface area contributed by atoms with Crippen LogP contribution in [0.3, 0.4) is 0 Å². The lowest BCUT2D eigenvalue weighted by molar-refractivity contribution is 0.104. The first-order chi connectivity index (χ1) is 7.09. The first-order valence-corrected chi connectivity index (χ1v) is 5.57. The standard InChI is InChI=1S/C12H12O2S/c1-7-6-8(2)15-12(7)11(13)10-4-5-14-9(10)3/h4-6H,1-3H3. The van der Waals surface area contributed by atoms with Crippen molar-refractivity contribution in [1.82, 2.24) is 0 Å². The van der Waals surface area contributed by atoms with Crippen LogP contribution in [0.15, 0.2) is 22.8 Å². The molecule has 0 aliphatic rings. The van der Waals surface area contributed by atoms with Crippen molar-refractivity contribution in [3.8, 4) is 0 Å². The van der Waals surface area contributed by atoms with E-state index in [1.165, 1.54) is 11.3 Å². The molecule has 0 unspecified atom stereocenters. The van der Waals surface area contributed by atoms with Crippen LogP contribution in [0.5, 0.6) is 0 Å². The molecule has 15 heavy (non-hydrogen) atoms. The summed E-state index contributed by atoms with van der Waals surface area (Å²) in [5.74, 6) is 0.752. The smallest absolute Gasteiger partial charge is 0.206 e. The third-order valence-electron chi connectivity index (χ3n) is 2.35. The second-order valence-corrected chi connectivity index (χ2v) is 4.85. The topological polar surface area (TPSA) is 30.2 Å². The van der Waals surface area contributed by atoms with Gasteiger partial charge in [0.25, 0.3) is 0 Å². The van der Waals surface area contributed by atoms with E-state index in [1.807, 2.05) is 26.8 Å². The Morgan fingerprint density at radius 3 is 2.53 bits per heavy atom. The predicted molar refractivity (Wildman–Crippen MR) is 60.7 cm³/mol. The Morgan fingerprint density at radius 2 is 2.07 bits per heavy atom. The Morgan fingerprint density at radius 1 is 1.33 bits per heavy atom. The molecule has 0 fully saturated rings. The van der Waals surface area contributed by atoms with Gasteiger partial charge in [0, 0.05) is 4.88 Å². The van der Waals surface area contributed by atoms with Gasteiger partial charge >= 0.3 is 0 Å². The van der Waals surface area contributed by atoms with Crippen molar-refractivity contribution in [3.05, 3.63) is 45.0 Å². The third-order valence-corrected chi connectivity index (χ3v) is 3.50. The van der Waals surface area contributed by atoms with Gasteiger partial charge in [0.15, 0.2) is 0 Å². The van der Waals surface area contributed by atoms with Crippen LogP contribution in [0.1, 0.15) is 31.4 Å². The molecule has 0 radical (unpaired) electrons. The van der Waals surface area contributed by atoms with E-state index in [0.29, 0.717) is 11.3 Å². The van der Waals surface area contributed by atoms with Gasteiger partial charge in [0.1, 0.15) is 5.76 Å². The average Bonchev–Trinajstić information content (AvgIpc) is 2.71. The van der Waals surface area contributed by atoms with Crippen LogP contribution >= 0.6 is 11.3 Å². The predicted octanol–water partition coefficient (Wildman–Crippen LogP) is 3.50. The van der Waals surface area contributed by atoms with Crippen LogP contribution in [0.25, 0.3) is 0 Å². The molecule has 2 aromatic rings. The molecule has 0 aromatic carbocycles. The van der Waals surface area contributed by atoms with Gasteiger partial charge in [-0.2, -0.15) is 0 Å². The van der Waals surface area contributed by atoms with Gasteiger partial charge in [-0.25, -0.2) is 0 Å². The zero-order chi connectivity index (χ0) is 11.0. The fourth-order valence-corrected chi connectivity index (χ4v) is 2.59. The first kappa shape index (κ1) is 10.2. The van der Waals surface area contributed by atoms with Crippen molar-refractivity contribution >= 4 is 17.1 Å². The number of ketones is 1. The summed E-state index contributed by atoms with van der Waals surface area (Å²) in [7, 11) is 0. The average molecular weight is 220 g/mol. The molecule has 0 bridgehead atoms. The number of hydrogen-bond acceptors (Lipinski definition) is 3. The lowest BCUT2D eigenvalue weighted by Crippen LogP contribution is -2.00. The van der Waals surface area contributed by atoms with Crippen LogP contribution < -0.4 is 0 Å². The lowest BCUT2D eigenvalue weighted by Gasteiger charge is -1.96. The largest absolute Gasteiger partial charge is 0.469 e. The molecule has 78 valence electrons. The van der Waals surface area contributed by atoms with Crippen LogP contribution in [0, 0.1) is 20.8 Å². The number of hydrogen-bond donors (Lipinski definition) is 0. The summed E-state index contributed by atoms with van der Waals surface area (Å²) in [5.41, 5.74) is 1.71. The van der Waals surface area contributed by atoms with Crippen molar-refractivity contribution in [2.24, 2.45) is 0 Å². The quantitative estimate of drug-likeness (QED) is 0.725. The fraction of sp³-hybridized carbons (Fsp3) is 0.250. The van der Waals surface area contributed by atoms with Crippen LogP contribution in [0.4, 0.5) is 0 Å². The number of thiophene rings is 1. The van der Waals surface area contributed by atoms with E-state index >= 15 is 0 Å². The minimum Gasteiger partial charge on any atom is -0.469 e. The molecule has 2 heterocycles. The minimum absolute atomic E-state index is 0.0665. The normalized spacial score (nSPS) is 10.6. The molecule has 0 saturated carbocycles. The highest BCUT2D eigenvalue weighted by molar-refractivity contribution is 7.14. The summed E-state index contributed by atoms with van der Waals surface area (Å²) < 4.78 is 5.14. The van der Waals surface area contributed by atoms with Crippen LogP contribution in [-0.2, 0) is 0 Å². The Kier molecular flexibility index (Phi) is 2.49. The van der Waals surface area contributed by atoms with E-state index in [2.05, 4.69) is 0 Å². The summed E-state index contributed by atoms with van der Waals surface area (Å²) in [4.78, 5) is 14.1. The van der Waals surface area contributed by atoms with E-state index < -0.39 is 0 Å². The molecule has 0 aliphatic carbocycles. The molecular weight excluding hydrogens is 208 g/mol. The highest BCUT2D eigenvalue weighted by Crippen LogP contribution is 2.25. The maximum Gasteiger partial charge on any atom is 0.206 e. The zero-order valence-corrected chi connectivity index (χ0v) is 9.77. The van der Waals surface area contributed by atoms with Gasteiger partial charge in [-0.05, 0) is 38.5 Å². The second kappa shape index (κ2) is 3.66. The van der Waals surface area contributed by atoms with Crippen molar-refractivity contribution in [2.75, 3.05) is 0 Å². The third kappa shape index (κ3) is 1.75. The van der Waals surface area contributed by atoms with Gasteiger partial charge in [-0.1, -0.05) is 0 Å². The maximum absolute atomic E-state index is 12.1. The van der Waals surface area contributed by atoms with Crippen molar-refractivity contribution in [2.45, 2.75) is 20.8 Å². The molecule has 0 atom stereocenters. The molecule has 0 aliphatic heterocycles. The molecule has 0 spiro atoms. The van der Waals surface area contributed by atoms with Crippen molar-refractivity contribution in [3.63, 3.8) is 0 Å². The van der Waals surface area contributed by atoms with Gasteiger partial charge < -0.3 is 4.42 Å². The summed E-state index contributed by atoms with van der Waals surface area (Å²) in [6.07, 6.45) is 1.55.